The summed E-state index contributed by atoms with van der Waals surface area (Å²) in [6, 6.07) is 4.58. The number of nitrogens with one attached hydrogen (secondary N) is 1. The maximum absolute atomic E-state index is 13.6. The van der Waals surface area contributed by atoms with E-state index in [2.05, 4.69) is 9.97 Å². The van der Waals surface area contributed by atoms with Crippen molar-refractivity contribution in [3.8, 4) is 0 Å². The van der Waals surface area contributed by atoms with E-state index in [1.807, 2.05) is 4.72 Å². The van der Waals surface area contributed by atoms with Gasteiger partial charge in [0.15, 0.2) is 0 Å². The van der Waals surface area contributed by atoms with Crippen LogP contribution in [0.15, 0.2) is 35.4 Å². The fraction of sp³-hybridized carbons (Fsp3) is 0. The normalized spacial score (nSPS) is 11.3. The molecule has 0 saturated heterocycles. The molecule has 0 atom stereocenters. The van der Waals surface area contributed by atoms with Gasteiger partial charge in [-0.2, -0.15) is 0 Å². The van der Waals surface area contributed by atoms with Gasteiger partial charge in [-0.15, -0.1) is 0 Å². The zero-order chi connectivity index (χ0) is 14.0. The highest BCUT2D eigenvalue weighted by Crippen LogP contribution is 2.20. The van der Waals surface area contributed by atoms with Crippen molar-refractivity contribution < 1.29 is 12.8 Å². The van der Waals surface area contributed by atoms with Crippen LogP contribution in [0.2, 0.25) is 10.2 Å². The van der Waals surface area contributed by atoms with Crippen molar-refractivity contribution in [2.24, 2.45) is 0 Å². The summed E-state index contributed by atoms with van der Waals surface area (Å²) in [5.41, 5.74) is 0. The minimum atomic E-state index is -4.14. The van der Waals surface area contributed by atoms with Crippen molar-refractivity contribution in [2.45, 2.75) is 4.90 Å². The van der Waals surface area contributed by atoms with E-state index in [0.717, 1.165) is 12.1 Å². The molecule has 0 radical (unpaired) electrons. The molecule has 0 amide bonds. The van der Waals surface area contributed by atoms with Crippen LogP contribution in [-0.2, 0) is 10.0 Å². The van der Waals surface area contributed by atoms with Gasteiger partial charge in [-0.25, -0.2) is 27.5 Å². The summed E-state index contributed by atoms with van der Waals surface area (Å²) >= 11 is 11.1. The number of hydrogen-bond acceptors (Lipinski definition) is 4. The molecule has 19 heavy (non-hydrogen) atoms. The lowest BCUT2D eigenvalue weighted by molar-refractivity contribution is 0.570. The Kier molecular flexibility index (Phi) is 3.88. The second-order valence-corrected chi connectivity index (χ2v) is 5.86. The first-order chi connectivity index (χ1) is 8.88. The van der Waals surface area contributed by atoms with Crippen LogP contribution >= 0.6 is 23.2 Å². The third-order valence-electron chi connectivity index (χ3n) is 2.03. The van der Waals surface area contributed by atoms with Crippen molar-refractivity contribution in [3.05, 3.63) is 46.5 Å². The maximum atomic E-state index is 13.6. The van der Waals surface area contributed by atoms with E-state index in [1.165, 1.54) is 18.3 Å². The summed E-state index contributed by atoms with van der Waals surface area (Å²) in [4.78, 5) is 6.75. The van der Waals surface area contributed by atoms with E-state index in [1.54, 1.807) is 0 Å². The topological polar surface area (TPSA) is 72.0 Å². The third kappa shape index (κ3) is 3.31. The van der Waals surface area contributed by atoms with E-state index in [9.17, 15) is 12.8 Å². The van der Waals surface area contributed by atoms with E-state index in [4.69, 9.17) is 23.2 Å². The monoisotopic (exact) mass is 321 g/mol. The lowest BCUT2D eigenvalue weighted by atomic mass is 10.3. The number of nitrogens with zero attached hydrogens (tertiary/aromatic N) is 2. The quantitative estimate of drug-likeness (QED) is 0.882. The maximum Gasteiger partial charge on any atom is 0.267 e. The molecule has 0 bridgehead atoms. The van der Waals surface area contributed by atoms with Crippen LogP contribution < -0.4 is 4.72 Å². The predicted molar refractivity (Wildman–Crippen MR) is 69.3 cm³/mol. The second-order valence-electron chi connectivity index (χ2n) is 3.38. The lowest BCUT2D eigenvalue weighted by Crippen LogP contribution is -2.16. The van der Waals surface area contributed by atoms with E-state index < -0.39 is 20.7 Å². The molecule has 0 unspecified atom stereocenters. The Morgan fingerprint density at radius 2 is 1.95 bits per heavy atom. The number of halogens is 3. The number of aromatic nitrogens is 2. The fourth-order valence-electron chi connectivity index (χ4n) is 1.25. The molecule has 2 rings (SSSR count). The zero-order valence-corrected chi connectivity index (χ0v) is 11.5. The number of hydrogen-bond donors (Lipinski definition) is 1. The molecule has 0 aliphatic heterocycles. The number of anilines is 1. The van der Waals surface area contributed by atoms with Gasteiger partial charge in [0.1, 0.15) is 15.9 Å². The van der Waals surface area contributed by atoms with Crippen LogP contribution in [0.4, 0.5) is 10.3 Å². The van der Waals surface area contributed by atoms with E-state index in [0.29, 0.717) is 0 Å². The van der Waals surface area contributed by atoms with Gasteiger partial charge in [0.05, 0.1) is 0 Å². The minimum Gasteiger partial charge on any atom is -0.247 e. The van der Waals surface area contributed by atoms with Crippen LogP contribution in [0.25, 0.3) is 0 Å². The van der Waals surface area contributed by atoms with Crippen LogP contribution in [0.3, 0.4) is 0 Å². The van der Waals surface area contributed by atoms with E-state index >= 15 is 0 Å². The molecule has 0 aliphatic carbocycles. The van der Waals surface area contributed by atoms with Crippen molar-refractivity contribution in [2.75, 3.05) is 4.72 Å². The van der Waals surface area contributed by atoms with Crippen LogP contribution in [0.1, 0.15) is 0 Å². The molecule has 1 aromatic carbocycles. The Hall–Kier alpha value is -1.44. The van der Waals surface area contributed by atoms with Gasteiger partial charge in [-0.1, -0.05) is 23.2 Å². The fourth-order valence-corrected chi connectivity index (χ4v) is 2.56. The zero-order valence-electron chi connectivity index (χ0n) is 9.14. The Labute approximate surface area is 118 Å². The largest absolute Gasteiger partial charge is 0.267 e. The number of sulfonamides is 1. The summed E-state index contributed by atoms with van der Waals surface area (Å²) in [7, 11) is -4.14. The first-order valence-electron chi connectivity index (χ1n) is 4.85. The Morgan fingerprint density at radius 3 is 2.58 bits per heavy atom. The highest BCUT2D eigenvalue weighted by molar-refractivity contribution is 7.92. The van der Waals surface area contributed by atoms with Gasteiger partial charge in [0, 0.05) is 11.2 Å². The number of benzene rings is 1. The van der Waals surface area contributed by atoms with Crippen molar-refractivity contribution in [1.29, 1.82) is 0 Å². The first kappa shape index (κ1) is 14.0. The van der Waals surface area contributed by atoms with Crippen molar-refractivity contribution >= 4 is 39.2 Å². The molecule has 5 nitrogen and oxygen atoms in total. The molecule has 0 saturated carbocycles. The predicted octanol–water partition coefficient (Wildman–Crippen LogP) is 2.72. The van der Waals surface area contributed by atoms with Gasteiger partial charge >= 0.3 is 0 Å². The molecule has 9 heteroatoms. The lowest BCUT2D eigenvalue weighted by Gasteiger charge is -2.07. The molecule has 0 fully saturated rings. The molecule has 0 aliphatic rings. The molecule has 100 valence electrons. The van der Waals surface area contributed by atoms with Gasteiger partial charge < -0.3 is 0 Å². The highest BCUT2D eigenvalue weighted by atomic mass is 35.5. The molecule has 0 spiro atoms. The van der Waals surface area contributed by atoms with Gasteiger partial charge in [0.2, 0.25) is 5.95 Å². The summed E-state index contributed by atoms with van der Waals surface area (Å²) in [5, 5.41) is 0.153. The highest BCUT2D eigenvalue weighted by Gasteiger charge is 2.20. The standard InChI is InChI=1S/C10H6Cl2FN3O2S/c11-6-1-2-8(7(13)5-6)19(17,18)16-10-14-4-3-9(12)15-10/h1-5H,(H,14,15,16). The second kappa shape index (κ2) is 5.28. The first-order valence-corrected chi connectivity index (χ1v) is 7.09. The summed E-state index contributed by atoms with van der Waals surface area (Å²) in [6.45, 7) is 0. The Balaban J connectivity index is 2.38. The molecule has 1 heterocycles. The molecule has 2 aromatic rings. The average Bonchev–Trinajstić information content (AvgIpc) is 2.27. The summed E-state index contributed by atoms with van der Waals surface area (Å²) < 4.78 is 39.4. The third-order valence-corrected chi connectivity index (χ3v) is 3.84. The summed E-state index contributed by atoms with van der Waals surface area (Å²) in [6.07, 6.45) is 1.27. The SMILES string of the molecule is O=S(=O)(Nc1nccc(Cl)n1)c1ccc(Cl)cc1F. The van der Waals surface area contributed by atoms with Crippen LogP contribution in [-0.4, -0.2) is 18.4 Å². The molecular formula is C10H6Cl2FN3O2S. The van der Waals surface area contributed by atoms with Crippen molar-refractivity contribution in [3.63, 3.8) is 0 Å². The molecule has 1 aromatic heterocycles. The minimum absolute atomic E-state index is 0.0595. The molecular weight excluding hydrogens is 316 g/mol. The Morgan fingerprint density at radius 1 is 1.21 bits per heavy atom. The van der Waals surface area contributed by atoms with Crippen LogP contribution in [0.5, 0.6) is 0 Å². The van der Waals surface area contributed by atoms with Crippen LogP contribution in [0, 0.1) is 5.82 Å². The van der Waals surface area contributed by atoms with Gasteiger partial charge in [-0.05, 0) is 24.3 Å². The average molecular weight is 322 g/mol. The van der Waals surface area contributed by atoms with Crippen molar-refractivity contribution in [1.82, 2.24) is 9.97 Å². The Bertz CT molecular complexity index is 724. The van der Waals surface area contributed by atoms with E-state index in [-0.39, 0.29) is 16.1 Å². The molecule has 1 N–H and O–H groups in total. The number of rotatable bonds is 3. The smallest absolute Gasteiger partial charge is 0.247 e. The van der Waals surface area contributed by atoms with Gasteiger partial charge in [0.25, 0.3) is 10.0 Å². The van der Waals surface area contributed by atoms with Gasteiger partial charge in [-0.3, -0.25) is 0 Å². The summed E-state index contributed by atoms with van der Waals surface area (Å²) in [5.74, 6) is -1.22.